The number of carbonyl (C=O) groups is 1. The summed E-state index contributed by atoms with van der Waals surface area (Å²) in [6.45, 7) is 2.55. The van der Waals surface area contributed by atoms with E-state index in [1.807, 2.05) is 6.07 Å². The highest BCUT2D eigenvalue weighted by atomic mass is 16.5. The van der Waals surface area contributed by atoms with Gasteiger partial charge in [0.05, 0.1) is 19.3 Å². The van der Waals surface area contributed by atoms with Crippen molar-refractivity contribution >= 4 is 5.97 Å². The predicted molar refractivity (Wildman–Crippen MR) is 75.0 cm³/mol. The van der Waals surface area contributed by atoms with Crippen LogP contribution in [0.3, 0.4) is 0 Å². The fourth-order valence-electron chi connectivity index (χ4n) is 2.51. The summed E-state index contributed by atoms with van der Waals surface area (Å²) in [6, 6.07) is 7.23. The topological polar surface area (TPSA) is 59.0 Å². The molecular formula is C15H21NO4. The van der Waals surface area contributed by atoms with Crippen molar-refractivity contribution in [2.75, 3.05) is 33.4 Å². The Hall–Kier alpha value is -1.59. The fourth-order valence-corrected chi connectivity index (χ4v) is 2.51. The van der Waals surface area contributed by atoms with Gasteiger partial charge in [0, 0.05) is 12.6 Å². The van der Waals surface area contributed by atoms with Crippen LogP contribution in [0.5, 0.6) is 5.75 Å². The van der Waals surface area contributed by atoms with Crippen molar-refractivity contribution in [3.8, 4) is 5.75 Å². The van der Waals surface area contributed by atoms with E-state index in [9.17, 15) is 9.90 Å². The number of esters is 1. The summed E-state index contributed by atoms with van der Waals surface area (Å²) in [6.07, 6.45) is 2.18. The molecule has 0 aliphatic carbocycles. The van der Waals surface area contributed by atoms with Gasteiger partial charge in [-0.3, -0.25) is 4.90 Å². The van der Waals surface area contributed by atoms with Crippen molar-refractivity contribution in [1.29, 1.82) is 0 Å². The van der Waals surface area contributed by atoms with E-state index in [4.69, 9.17) is 4.74 Å². The molecule has 1 heterocycles. The number of likely N-dealkylation sites (tertiary alicyclic amines) is 1. The zero-order valence-electron chi connectivity index (χ0n) is 11.7. The summed E-state index contributed by atoms with van der Waals surface area (Å²) >= 11 is 0. The quantitative estimate of drug-likeness (QED) is 0.796. The van der Waals surface area contributed by atoms with Crippen LogP contribution in [0.25, 0.3) is 0 Å². The molecule has 5 heteroatoms. The van der Waals surface area contributed by atoms with Gasteiger partial charge in [-0.1, -0.05) is 6.07 Å². The van der Waals surface area contributed by atoms with Crippen LogP contribution in [0.1, 0.15) is 23.2 Å². The van der Waals surface area contributed by atoms with Crippen molar-refractivity contribution in [1.82, 2.24) is 4.90 Å². The Morgan fingerprint density at radius 2 is 2.35 bits per heavy atom. The normalized spacial score (nSPS) is 19.0. The molecule has 0 saturated carbocycles. The average Bonchev–Trinajstić information content (AvgIpc) is 2.94. The molecule has 1 fully saturated rings. The Morgan fingerprint density at radius 1 is 1.50 bits per heavy atom. The summed E-state index contributed by atoms with van der Waals surface area (Å²) in [5, 5.41) is 9.24. The zero-order chi connectivity index (χ0) is 14.4. The molecule has 0 radical (unpaired) electrons. The van der Waals surface area contributed by atoms with Crippen LogP contribution in [-0.2, 0) is 4.74 Å². The minimum atomic E-state index is -0.365. The van der Waals surface area contributed by atoms with E-state index in [-0.39, 0.29) is 18.6 Å². The Kier molecular flexibility index (Phi) is 5.38. The molecule has 1 aromatic rings. The van der Waals surface area contributed by atoms with Crippen molar-refractivity contribution < 1.29 is 19.4 Å². The monoisotopic (exact) mass is 279 g/mol. The van der Waals surface area contributed by atoms with Crippen LogP contribution >= 0.6 is 0 Å². The van der Waals surface area contributed by atoms with Gasteiger partial charge in [0.2, 0.25) is 0 Å². The Balaban J connectivity index is 1.83. The number of hydrogen-bond donors (Lipinski definition) is 1. The van der Waals surface area contributed by atoms with Crippen molar-refractivity contribution in [3.05, 3.63) is 29.8 Å². The number of benzene rings is 1. The molecular weight excluding hydrogens is 258 g/mol. The van der Waals surface area contributed by atoms with Crippen molar-refractivity contribution in [2.45, 2.75) is 18.9 Å². The molecule has 1 N–H and O–H groups in total. The predicted octanol–water partition coefficient (Wildman–Crippen LogP) is 1.31. The van der Waals surface area contributed by atoms with Gasteiger partial charge in [0.15, 0.2) is 0 Å². The smallest absolute Gasteiger partial charge is 0.337 e. The molecule has 1 aromatic carbocycles. The van der Waals surface area contributed by atoms with Crippen LogP contribution in [-0.4, -0.2) is 55.4 Å². The molecule has 110 valence electrons. The van der Waals surface area contributed by atoms with Gasteiger partial charge in [-0.25, -0.2) is 4.79 Å². The standard InChI is InChI=1S/C15H21NO4/c1-19-15(18)12-4-2-6-14(10-12)20-9-8-16-7-3-5-13(16)11-17/h2,4,6,10,13,17H,3,5,7-9,11H2,1H3. The Bertz CT molecular complexity index is 449. The molecule has 1 aliphatic rings. The zero-order valence-corrected chi connectivity index (χ0v) is 11.7. The summed E-state index contributed by atoms with van der Waals surface area (Å²) < 4.78 is 10.3. The number of nitrogens with zero attached hydrogens (tertiary/aromatic N) is 1. The number of carbonyl (C=O) groups excluding carboxylic acids is 1. The van der Waals surface area contributed by atoms with Gasteiger partial charge in [-0.15, -0.1) is 0 Å². The number of methoxy groups -OCH3 is 1. The third-order valence-corrected chi connectivity index (χ3v) is 3.61. The van der Waals surface area contributed by atoms with Gasteiger partial charge in [0.1, 0.15) is 12.4 Å². The molecule has 1 saturated heterocycles. The second kappa shape index (κ2) is 7.26. The van der Waals surface area contributed by atoms with Crippen LogP contribution in [0, 0.1) is 0 Å². The van der Waals surface area contributed by atoms with E-state index < -0.39 is 0 Å². The van der Waals surface area contributed by atoms with E-state index >= 15 is 0 Å². The minimum Gasteiger partial charge on any atom is -0.492 e. The molecule has 0 aromatic heterocycles. The third kappa shape index (κ3) is 3.71. The van der Waals surface area contributed by atoms with Gasteiger partial charge in [-0.05, 0) is 37.6 Å². The number of aliphatic hydroxyl groups excluding tert-OH is 1. The van der Waals surface area contributed by atoms with Gasteiger partial charge in [0.25, 0.3) is 0 Å². The molecule has 0 bridgehead atoms. The lowest BCUT2D eigenvalue weighted by Crippen LogP contribution is -2.35. The summed E-state index contributed by atoms with van der Waals surface area (Å²) in [4.78, 5) is 13.7. The molecule has 2 rings (SSSR count). The van der Waals surface area contributed by atoms with E-state index in [2.05, 4.69) is 9.64 Å². The third-order valence-electron chi connectivity index (χ3n) is 3.61. The number of rotatable bonds is 6. The first-order chi connectivity index (χ1) is 9.74. The molecule has 0 spiro atoms. The van der Waals surface area contributed by atoms with Crippen molar-refractivity contribution in [2.24, 2.45) is 0 Å². The maximum absolute atomic E-state index is 11.4. The Labute approximate surface area is 119 Å². The molecule has 0 amide bonds. The van der Waals surface area contributed by atoms with Crippen LogP contribution < -0.4 is 4.74 Å². The highest BCUT2D eigenvalue weighted by Gasteiger charge is 2.23. The SMILES string of the molecule is COC(=O)c1cccc(OCCN2CCCC2CO)c1. The molecule has 1 atom stereocenters. The largest absolute Gasteiger partial charge is 0.492 e. The van der Waals surface area contributed by atoms with Gasteiger partial charge < -0.3 is 14.6 Å². The van der Waals surface area contributed by atoms with Gasteiger partial charge >= 0.3 is 5.97 Å². The second-order valence-corrected chi connectivity index (χ2v) is 4.88. The molecule has 20 heavy (non-hydrogen) atoms. The fraction of sp³-hybridized carbons (Fsp3) is 0.533. The lowest BCUT2D eigenvalue weighted by molar-refractivity contribution is 0.0600. The Morgan fingerprint density at radius 3 is 3.10 bits per heavy atom. The maximum atomic E-state index is 11.4. The summed E-state index contributed by atoms with van der Waals surface area (Å²) in [7, 11) is 1.36. The molecule has 1 aliphatic heterocycles. The van der Waals surface area contributed by atoms with Crippen LogP contribution in [0.15, 0.2) is 24.3 Å². The van der Waals surface area contributed by atoms with E-state index in [0.717, 1.165) is 25.9 Å². The lowest BCUT2D eigenvalue weighted by Gasteiger charge is -2.22. The van der Waals surface area contributed by atoms with E-state index in [1.54, 1.807) is 18.2 Å². The highest BCUT2D eigenvalue weighted by Crippen LogP contribution is 2.17. The first-order valence-corrected chi connectivity index (χ1v) is 6.90. The summed E-state index contributed by atoms with van der Waals surface area (Å²) in [5.41, 5.74) is 0.486. The van der Waals surface area contributed by atoms with E-state index in [1.165, 1.54) is 7.11 Å². The summed E-state index contributed by atoms with van der Waals surface area (Å²) in [5.74, 6) is 0.294. The van der Waals surface area contributed by atoms with Crippen molar-refractivity contribution in [3.63, 3.8) is 0 Å². The molecule has 1 unspecified atom stereocenters. The second-order valence-electron chi connectivity index (χ2n) is 4.88. The van der Waals surface area contributed by atoms with Crippen LogP contribution in [0.4, 0.5) is 0 Å². The molecule has 5 nitrogen and oxygen atoms in total. The lowest BCUT2D eigenvalue weighted by atomic mass is 10.2. The first-order valence-electron chi connectivity index (χ1n) is 6.90. The van der Waals surface area contributed by atoms with Gasteiger partial charge in [-0.2, -0.15) is 0 Å². The highest BCUT2D eigenvalue weighted by molar-refractivity contribution is 5.89. The first kappa shape index (κ1) is 14.8. The van der Waals surface area contributed by atoms with E-state index in [0.29, 0.717) is 17.9 Å². The number of ether oxygens (including phenoxy) is 2. The average molecular weight is 279 g/mol. The minimum absolute atomic E-state index is 0.206. The van der Waals surface area contributed by atoms with Crippen LogP contribution in [0.2, 0.25) is 0 Å². The number of hydrogen-bond acceptors (Lipinski definition) is 5. The number of aliphatic hydroxyl groups is 1. The maximum Gasteiger partial charge on any atom is 0.337 e.